The van der Waals surface area contributed by atoms with E-state index in [1.54, 1.807) is 33.3 Å². The summed E-state index contributed by atoms with van der Waals surface area (Å²) in [4.78, 5) is 34.2. The number of aryl methyl sites for hydroxylation is 1. The van der Waals surface area contributed by atoms with E-state index in [1.165, 1.54) is 12.1 Å². The molecule has 8 heteroatoms. The van der Waals surface area contributed by atoms with Crippen LogP contribution in [-0.2, 0) is 22.4 Å². The van der Waals surface area contributed by atoms with Crippen molar-refractivity contribution in [1.29, 1.82) is 0 Å². The fourth-order valence-corrected chi connectivity index (χ4v) is 4.10. The average molecular weight is 428 g/mol. The van der Waals surface area contributed by atoms with Gasteiger partial charge in [0.2, 0.25) is 17.7 Å². The second kappa shape index (κ2) is 8.79. The first kappa shape index (κ1) is 20.3. The summed E-state index contributed by atoms with van der Waals surface area (Å²) >= 11 is 1.54. The van der Waals surface area contributed by atoms with E-state index in [0.29, 0.717) is 43.5 Å². The van der Waals surface area contributed by atoms with Gasteiger partial charge in [0.15, 0.2) is 0 Å². The van der Waals surface area contributed by atoms with Crippen LogP contribution in [0.25, 0.3) is 10.8 Å². The third kappa shape index (κ3) is 4.59. The molecule has 1 aliphatic rings. The van der Waals surface area contributed by atoms with Crippen molar-refractivity contribution in [2.24, 2.45) is 0 Å². The van der Waals surface area contributed by atoms with Gasteiger partial charge >= 0.3 is 0 Å². The highest BCUT2D eigenvalue weighted by atomic mass is 32.1. The number of piperazine rings is 1. The second-order valence-corrected chi connectivity index (χ2v) is 8.19. The molecule has 30 heavy (non-hydrogen) atoms. The third-order valence-corrected chi connectivity index (χ3v) is 6.05. The molecule has 0 aliphatic carbocycles. The van der Waals surface area contributed by atoms with Crippen LogP contribution < -0.4 is 0 Å². The normalized spacial score (nSPS) is 14.2. The van der Waals surface area contributed by atoms with E-state index >= 15 is 0 Å². The molecule has 1 saturated heterocycles. The molecule has 0 unspecified atom stereocenters. The first-order valence-corrected chi connectivity index (χ1v) is 10.7. The Morgan fingerprint density at radius 2 is 1.67 bits per heavy atom. The van der Waals surface area contributed by atoms with Gasteiger partial charge in [0, 0.05) is 26.2 Å². The van der Waals surface area contributed by atoms with Crippen molar-refractivity contribution >= 4 is 23.2 Å². The van der Waals surface area contributed by atoms with E-state index in [2.05, 4.69) is 4.98 Å². The van der Waals surface area contributed by atoms with E-state index in [9.17, 15) is 14.0 Å². The highest BCUT2D eigenvalue weighted by molar-refractivity contribution is 7.13. The number of carbonyl (C=O) groups excluding carboxylic acids is 2. The predicted molar refractivity (Wildman–Crippen MR) is 112 cm³/mol. The molecule has 156 valence electrons. The molecular weight excluding hydrogens is 405 g/mol. The van der Waals surface area contributed by atoms with E-state index in [1.807, 2.05) is 24.4 Å². The summed E-state index contributed by atoms with van der Waals surface area (Å²) in [5, 5.41) is 1.95. The Kier molecular flexibility index (Phi) is 5.94. The number of hydrogen-bond donors (Lipinski definition) is 0. The van der Waals surface area contributed by atoms with Gasteiger partial charge in [-0.3, -0.25) is 9.59 Å². The molecule has 0 spiro atoms. The lowest BCUT2D eigenvalue weighted by atomic mass is 10.1. The summed E-state index contributed by atoms with van der Waals surface area (Å²) in [6, 6.07) is 9.82. The Hall–Kier alpha value is -3.00. The van der Waals surface area contributed by atoms with E-state index in [4.69, 9.17) is 4.42 Å². The molecule has 1 fully saturated rings. The molecule has 2 amide bonds. The Bertz CT molecular complexity index is 1020. The topological polar surface area (TPSA) is 66.7 Å². The number of amides is 2. The van der Waals surface area contributed by atoms with Crippen LogP contribution in [0.5, 0.6) is 0 Å². The molecule has 6 nitrogen and oxygen atoms in total. The van der Waals surface area contributed by atoms with Crippen LogP contribution in [-0.4, -0.2) is 52.8 Å². The van der Waals surface area contributed by atoms with Crippen molar-refractivity contribution in [3.8, 4) is 10.8 Å². The number of rotatable bonds is 5. The van der Waals surface area contributed by atoms with Crippen LogP contribution in [0.4, 0.5) is 4.39 Å². The van der Waals surface area contributed by atoms with Gasteiger partial charge in [-0.2, -0.15) is 0 Å². The average Bonchev–Trinajstić information content (AvgIpc) is 3.40. The van der Waals surface area contributed by atoms with Gasteiger partial charge in [-0.1, -0.05) is 18.2 Å². The summed E-state index contributed by atoms with van der Waals surface area (Å²) in [7, 11) is 0. The smallest absolute Gasteiger partial charge is 0.236 e. The Morgan fingerprint density at radius 3 is 2.27 bits per heavy atom. The summed E-state index contributed by atoms with van der Waals surface area (Å²) in [6.07, 6.45) is 0.419. The van der Waals surface area contributed by atoms with Gasteiger partial charge in [0.25, 0.3) is 0 Å². The SMILES string of the molecule is Cc1oc(-c2cccs2)nc1CC(=O)N1CCN(C(=O)Cc2ccc(F)cc2)CC1. The van der Waals surface area contributed by atoms with Gasteiger partial charge in [0.1, 0.15) is 11.6 Å². The maximum atomic E-state index is 13.0. The molecule has 0 radical (unpaired) electrons. The third-order valence-electron chi connectivity index (χ3n) is 5.20. The molecule has 4 rings (SSSR count). The van der Waals surface area contributed by atoms with Crippen molar-refractivity contribution in [3.63, 3.8) is 0 Å². The van der Waals surface area contributed by atoms with Crippen LogP contribution in [0.3, 0.4) is 0 Å². The van der Waals surface area contributed by atoms with Crippen molar-refractivity contribution in [3.05, 3.63) is 64.6 Å². The lowest BCUT2D eigenvalue weighted by Crippen LogP contribution is -2.51. The summed E-state index contributed by atoms with van der Waals surface area (Å²) in [5.74, 6) is 0.848. The molecule has 1 aliphatic heterocycles. The van der Waals surface area contributed by atoms with Crippen LogP contribution in [0, 0.1) is 12.7 Å². The van der Waals surface area contributed by atoms with Gasteiger partial charge < -0.3 is 14.2 Å². The minimum Gasteiger partial charge on any atom is -0.440 e. The maximum absolute atomic E-state index is 13.0. The minimum absolute atomic E-state index is 0.0124. The van der Waals surface area contributed by atoms with Crippen LogP contribution in [0.15, 0.2) is 46.2 Å². The summed E-state index contributed by atoms with van der Waals surface area (Å²) in [5.41, 5.74) is 1.43. The Labute approximate surface area is 177 Å². The molecule has 0 bridgehead atoms. The lowest BCUT2D eigenvalue weighted by Gasteiger charge is -2.34. The molecule has 0 saturated carbocycles. The Morgan fingerprint density at radius 1 is 1.03 bits per heavy atom. The van der Waals surface area contributed by atoms with Gasteiger partial charge in [-0.05, 0) is 36.1 Å². The molecule has 3 aromatic rings. The standard InChI is InChI=1S/C22H22FN3O3S/c1-15-18(24-22(29-15)19-3-2-12-30-19)14-21(28)26-10-8-25(9-11-26)20(27)13-16-4-6-17(23)7-5-16/h2-7,12H,8-11,13-14H2,1H3. The first-order chi connectivity index (χ1) is 14.5. The molecule has 0 atom stereocenters. The zero-order valence-electron chi connectivity index (χ0n) is 16.6. The minimum atomic E-state index is -0.316. The summed E-state index contributed by atoms with van der Waals surface area (Å²) < 4.78 is 18.7. The number of halogens is 1. The lowest BCUT2D eigenvalue weighted by molar-refractivity contribution is -0.138. The largest absolute Gasteiger partial charge is 0.440 e. The number of nitrogens with zero attached hydrogens (tertiary/aromatic N) is 3. The predicted octanol–water partition coefficient (Wildman–Crippen LogP) is 3.31. The zero-order chi connectivity index (χ0) is 21.1. The van der Waals surface area contributed by atoms with E-state index in [-0.39, 0.29) is 30.5 Å². The number of aromatic nitrogens is 1. The van der Waals surface area contributed by atoms with E-state index in [0.717, 1.165) is 10.4 Å². The molecular formula is C22H22FN3O3S. The summed E-state index contributed by atoms with van der Waals surface area (Å²) in [6.45, 7) is 3.78. The number of thiophene rings is 1. The van der Waals surface area contributed by atoms with Gasteiger partial charge in [-0.25, -0.2) is 9.37 Å². The van der Waals surface area contributed by atoms with Crippen LogP contribution in [0.1, 0.15) is 17.0 Å². The van der Waals surface area contributed by atoms with Gasteiger partial charge in [-0.15, -0.1) is 11.3 Å². The first-order valence-electron chi connectivity index (χ1n) is 9.80. The second-order valence-electron chi connectivity index (χ2n) is 7.24. The fourth-order valence-electron chi connectivity index (χ4n) is 3.45. The van der Waals surface area contributed by atoms with Crippen molar-refractivity contribution in [2.45, 2.75) is 19.8 Å². The number of oxazole rings is 1. The number of hydrogen-bond acceptors (Lipinski definition) is 5. The highest BCUT2D eigenvalue weighted by Gasteiger charge is 2.25. The number of benzene rings is 1. The molecule has 0 N–H and O–H groups in total. The number of carbonyl (C=O) groups is 2. The van der Waals surface area contributed by atoms with Crippen molar-refractivity contribution < 1.29 is 18.4 Å². The molecule has 1 aromatic carbocycles. The molecule has 3 heterocycles. The van der Waals surface area contributed by atoms with Crippen molar-refractivity contribution in [2.75, 3.05) is 26.2 Å². The quantitative estimate of drug-likeness (QED) is 0.627. The monoisotopic (exact) mass is 427 g/mol. The van der Waals surface area contributed by atoms with Gasteiger partial charge in [0.05, 0.1) is 23.4 Å². The van der Waals surface area contributed by atoms with Crippen molar-refractivity contribution in [1.82, 2.24) is 14.8 Å². The maximum Gasteiger partial charge on any atom is 0.236 e. The van der Waals surface area contributed by atoms with Crippen LogP contribution in [0.2, 0.25) is 0 Å². The fraction of sp³-hybridized carbons (Fsp3) is 0.318. The highest BCUT2D eigenvalue weighted by Crippen LogP contribution is 2.26. The Balaban J connectivity index is 1.30. The van der Waals surface area contributed by atoms with E-state index < -0.39 is 0 Å². The van der Waals surface area contributed by atoms with Crippen LogP contribution >= 0.6 is 11.3 Å². The zero-order valence-corrected chi connectivity index (χ0v) is 17.5. The molecule has 2 aromatic heterocycles.